The quantitative estimate of drug-likeness (QED) is 0.293. The van der Waals surface area contributed by atoms with E-state index in [1.165, 1.54) is 6.21 Å². The van der Waals surface area contributed by atoms with Crippen LogP contribution in [0.25, 0.3) is 0 Å². The van der Waals surface area contributed by atoms with Crippen LogP contribution in [0.3, 0.4) is 0 Å². The van der Waals surface area contributed by atoms with Crippen LogP contribution in [0.5, 0.6) is 0 Å². The van der Waals surface area contributed by atoms with Gasteiger partial charge in [-0.1, -0.05) is 25.1 Å². The van der Waals surface area contributed by atoms with Gasteiger partial charge >= 0.3 is 0 Å². The molecule has 0 saturated heterocycles. The first-order valence-corrected chi connectivity index (χ1v) is 6.51. The van der Waals surface area contributed by atoms with Crippen molar-refractivity contribution in [3.63, 3.8) is 0 Å². The minimum atomic E-state index is 0.493. The predicted octanol–water partition coefficient (Wildman–Crippen LogP) is 2.79. The Morgan fingerprint density at radius 1 is 1.53 bits per heavy atom. The molecule has 5 heteroatoms. The smallest absolute Gasteiger partial charge is 0.101 e. The lowest BCUT2D eigenvalue weighted by Gasteiger charge is -2.03. The Kier molecular flexibility index (Phi) is 6.10. The standard InChI is InChI=1S/C12H16IN3O/c1-9(2)6-14-11(8-16-17)5-10-3-4-12(13)15-7-10/h3-4,7-9,17H,5-6H2,1-2H3. The number of hydrogen-bond acceptors (Lipinski definition) is 4. The van der Waals surface area contributed by atoms with Crippen molar-refractivity contribution in [2.24, 2.45) is 16.1 Å². The Morgan fingerprint density at radius 3 is 2.82 bits per heavy atom. The number of hydrogen-bond donors (Lipinski definition) is 1. The zero-order valence-corrected chi connectivity index (χ0v) is 12.1. The van der Waals surface area contributed by atoms with Gasteiger partial charge in [-0.25, -0.2) is 0 Å². The van der Waals surface area contributed by atoms with E-state index < -0.39 is 0 Å². The molecule has 0 aliphatic carbocycles. The molecule has 0 radical (unpaired) electrons. The first kappa shape index (κ1) is 14.1. The van der Waals surface area contributed by atoms with Gasteiger partial charge < -0.3 is 5.21 Å². The summed E-state index contributed by atoms with van der Waals surface area (Å²) in [5.41, 5.74) is 1.83. The van der Waals surface area contributed by atoms with Crippen LogP contribution in [0, 0.1) is 9.62 Å². The number of aromatic nitrogens is 1. The van der Waals surface area contributed by atoms with Crippen LogP contribution in [0.4, 0.5) is 0 Å². The molecule has 0 aliphatic heterocycles. The molecule has 0 unspecified atom stereocenters. The van der Waals surface area contributed by atoms with Gasteiger partial charge in [0, 0.05) is 19.2 Å². The molecule has 92 valence electrons. The third kappa shape index (κ3) is 5.76. The zero-order valence-electron chi connectivity index (χ0n) is 9.97. The second-order valence-electron chi connectivity index (χ2n) is 4.14. The molecule has 0 aliphatic rings. The largest absolute Gasteiger partial charge is 0.411 e. The molecule has 0 bridgehead atoms. The summed E-state index contributed by atoms with van der Waals surface area (Å²) >= 11 is 2.16. The second-order valence-corrected chi connectivity index (χ2v) is 5.24. The molecule has 1 N–H and O–H groups in total. The summed E-state index contributed by atoms with van der Waals surface area (Å²) < 4.78 is 0.961. The highest BCUT2D eigenvalue weighted by Crippen LogP contribution is 2.04. The SMILES string of the molecule is CC(C)CN=C(C=NO)Cc1ccc(I)nc1. The monoisotopic (exact) mass is 345 g/mol. The Bertz CT molecular complexity index is 399. The van der Waals surface area contributed by atoms with E-state index in [9.17, 15) is 0 Å². The van der Waals surface area contributed by atoms with E-state index in [2.05, 4.69) is 51.6 Å². The lowest BCUT2D eigenvalue weighted by atomic mass is 10.1. The normalized spacial score (nSPS) is 12.6. The van der Waals surface area contributed by atoms with Gasteiger partial charge in [-0.3, -0.25) is 9.98 Å². The first-order chi connectivity index (χ1) is 8.11. The summed E-state index contributed by atoms with van der Waals surface area (Å²) in [6.45, 7) is 4.94. The molecule has 0 amide bonds. The van der Waals surface area contributed by atoms with E-state index in [4.69, 9.17) is 5.21 Å². The van der Waals surface area contributed by atoms with Gasteiger partial charge in [0.15, 0.2) is 0 Å². The summed E-state index contributed by atoms with van der Waals surface area (Å²) in [4.78, 5) is 8.62. The molecule has 0 saturated carbocycles. The van der Waals surface area contributed by atoms with Crippen LogP contribution in [-0.4, -0.2) is 28.7 Å². The maximum absolute atomic E-state index is 8.60. The molecule has 1 heterocycles. The summed E-state index contributed by atoms with van der Waals surface area (Å²) in [5, 5.41) is 11.6. The molecule has 1 aromatic rings. The summed E-state index contributed by atoms with van der Waals surface area (Å²) in [7, 11) is 0. The highest BCUT2D eigenvalue weighted by Gasteiger charge is 2.01. The average Bonchev–Trinajstić information content (AvgIpc) is 2.29. The molecular formula is C12H16IN3O. The van der Waals surface area contributed by atoms with E-state index in [0.29, 0.717) is 12.3 Å². The molecule has 0 fully saturated rings. The van der Waals surface area contributed by atoms with Crippen molar-refractivity contribution >= 4 is 34.5 Å². The Hall–Kier alpha value is -0.980. The van der Waals surface area contributed by atoms with Crippen molar-refractivity contribution in [3.05, 3.63) is 27.6 Å². The molecule has 17 heavy (non-hydrogen) atoms. The predicted molar refractivity (Wildman–Crippen MR) is 78.1 cm³/mol. The van der Waals surface area contributed by atoms with Crippen LogP contribution in [0.1, 0.15) is 19.4 Å². The van der Waals surface area contributed by atoms with Crippen molar-refractivity contribution in [1.29, 1.82) is 0 Å². The van der Waals surface area contributed by atoms with Crippen molar-refractivity contribution in [2.75, 3.05) is 6.54 Å². The number of aliphatic imine (C=N–C) groups is 1. The van der Waals surface area contributed by atoms with Gasteiger partial charge in [0.25, 0.3) is 0 Å². The molecule has 0 spiro atoms. The minimum absolute atomic E-state index is 0.493. The second kappa shape index (κ2) is 7.37. The van der Waals surface area contributed by atoms with E-state index in [1.54, 1.807) is 0 Å². The maximum atomic E-state index is 8.60. The van der Waals surface area contributed by atoms with Gasteiger partial charge in [0.1, 0.15) is 3.70 Å². The van der Waals surface area contributed by atoms with Crippen LogP contribution in [0.15, 0.2) is 28.5 Å². The van der Waals surface area contributed by atoms with Gasteiger partial charge in [-0.05, 0) is 40.1 Å². The third-order valence-corrected chi connectivity index (χ3v) is 2.68. The van der Waals surface area contributed by atoms with Crippen LogP contribution >= 0.6 is 22.6 Å². The zero-order chi connectivity index (χ0) is 12.7. The molecular weight excluding hydrogens is 329 g/mol. The van der Waals surface area contributed by atoms with Crippen LogP contribution in [0.2, 0.25) is 0 Å². The van der Waals surface area contributed by atoms with Gasteiger partial charge in [0.2, 0.25) is 0 Å². The van der Waals surface area contributed by atoms with Gasteiger partial charge in [-0.15, -0.1) is 0 Å². The molecule has 1 rings (SSSR count). The van der Waals surface area contributed by atoms with Crippen LogP contribution < -0.4 is 0 Å². The average molecular weight is 345 g/mol. The Balaban J connectivity index is 2.72. The third-order valence-electron chi connectivity index (χ3n) is 2.04. The topological polar surface area (TPSA) is 57.8 Å². The molecule has 4 nitrogen and oxygen atoms in total. The fraction of sp³-hybridized carbons (Fsp3) is 0.417. The number of oxime groups is 1. The maximum Gasteiger partial charge on any atom is 0.101 e. The van der Waals surface area contributed by atoms with Crippen molar-refractivity contribution < 1.29 is 5.21 Å². The van der Waals surface area contributed by atoms with E-state index >= 15 is 0 Å². The highest BCUT2D eigenvalue weighted by molar-refractivity contribution is 14.1. The molecule has 0 atom stereocenters. The lowest BCUT2D eigenvalue weighted by Crippen LogP contribution is -2.08. The molecule has 0 aromatic carbocycles. The fourth-order valence-electron chi connectivity index (χ4n) is 1.23. The summed E-state index contributed by atoms with van der Waals surface area (Å²) in [6.07, 6.45) is 3.85. The highest BCUT2D eigenvalue weighted by atomic mass is 127. The minimum Gasteiger partial charge on any atom is -0.411 e. The van der Waals surface area contributed by atoms with Gasteiger partial charge in [0.05, 0.1) is 11.9 Å². The Labute approximate surface area is 115 Å². The van der Waals surface area contributed by atoms with E-state index in [-0.39, 0.29) is 0 Å². The summed E-state index contributed by atoms with van der Waals surface area (Å²) in [5.74, 6) is 0.493. The fourth-order valence-corrected chi connectivity index (χ4v) is 1.55. The van der Waals surface area contributed by atoms with E-state index in [0.717, 1.165) is 21.5 Å². The van der Waals surface area contributed by atoms with Crippen molar-refractivity contribution in [3.8, 4) is 0 Å². The van der Waals surface area contributed by atoms with E-state index in [1.807, 2.05) is 18.3 Å². The Morgan fingerprint density at radius 2 is 2.29 bits per heavy atom. The first-order valence-electron chi connectivity index (χ1n) is 5.43. The summed E-state index contributed by atoms with van der Waals surface area (Å²) in [6, 6.07) is 3.96. The van der Waals surface area contributed by atoms with Gasteiger partial charge in [-0.2, -0.15) is 0 Å². The number of nitrogens with zero attached hydrogens (tertiary/aromatic N) is 3. The number of pyridine rings is 1. The lowest BCUT2D eigenvalue weighted by molar-refractivity contribution is 0.322. The van der Waals surface area contributed by atoms with Crippen molar-refractivity contribution in [1.82, 2.24) is 4.98 Å². The number of rotatable bonds is 5. The molecule has 1 aromatic heterocycles. The van der Waals surface area contributed by atoms with Crippen LogP contribution in [-0.2, 0) is 6.42 Å². The number of halogens is 1. The van der Waals surface area contributed by atoms with Crippen molar-refractivity contribution in [2.45, 2.75) is 20.3 Å².